The van der Waals surface area contributed by atoms with E-state index in [9.17, 15) is 0 Å². The molecular weight excluding hydrogens is 852 g/mol. The standard InChI is InChI=1S/C30H19BNO2.C19H16N.Ir/c1-19-18-32-25(17-22(19)20-9-3-2-4-10-20)21-15-16-28-29-30(21)34-27-14-8-6-12-24(27)31(29)23-11-5-7-13-26(23)33-28;1-14-8-10-17(11-9-14)19-12-18(15(2)13-20-19)16-6-4-3-5-7-16;/h2-14,16-18H,1H3;3-10,12-13H,1-2H3;/q2*-1;/i1D3;1D3,2D3;. The molecule has 0 spiro atoms. The third-order valence-corrected chi connectivity index (χ3v) is 9.59. The molecular formula is C49H35BIrN2O2-2. The Morgan fingerprint density at radius 3 is 1.75 bits per heavy atom. The molecule has 0 N–H and O–H groups in total. The third kappa shape index (κ3) is 6.92. The molecule has 8 aromatic rings. The fraction of sp³-hybridized carbons (Fsp3) is 0.0612. The van der Waals surface area contributed by atoms with Crippen LogP contribution in [0, 0.1) is 32.7 Å². The number of rotatable bonds is 4. The van der Waals surface area contributed by atoms with E-state index in [1.807, 2.05) is 109 Å². The first-order chi connectivity index (χ1) is 30.1. The minimum Gasteiger partial charge on any atom is -0.503 e. The molecule has 0 amide bonds. The monoisotopic (exact) mass is 896 g/mol. The molecule has 2 aliphatic heterocycles. The summed E-state index contributed by atoms with van der Waals surface area (Å²) in [6.45, 7) is -6.85. The molecule has 2 aromatic heterocycles. The van der Waals surface area contributed by atoms with Crippen LogP contribution in [0.3, 0.4) is 0 Å². The van der Waals surface area contributed by atoms with Gasteiger partial charge in [0.05, 0.1) is 0 Å². The molecule has 0 unspecified atom stereocenters. The minimum atomic E-state index is -2.30. The molecule has 10 rings (SSSR count). The smallest absolute Gasteiger partial charge is 0.239 e. The van der Waals surface area contributed by atoms with E-state index in [2.05, 4.69) is 34.2 Å². The van der Waals surface area contributed by atoms with Gasteiger partial charge in [-0.05, 0) is 81.5 Å². The van der Waals surface area contributed by atoms with Crippen LogP contribution in [0.25, 0.3) is 44.8 Å². The minimum absolute atomic E-state index is 0. The normalized spacial score (nSPS) is 14.8. The van der Waals surface area contributed by atoms with E-state index >= 15 is 0 Å². The van der Waals surface area contributed by atoms with Gasteiger partial charge < -0.3 is 19.4 Å². The summed E-state index contributed by atoms with van der Waals surface area (Å²) in [5, 5.41) is 0. The van der Waals surface area contributed by atoms with Crippen molar-refractivity contribution in [3.05, 3.63) is 187 Å². The molecule has 6 heteroatoms. The van der Waals surface area contributed by atoms with Crippen LogP contribution in [0.1, 0.15) is 29.0 Å². The maximum Gasteiger partial charge on any atom is 0.239 e. The van der Waals surface area contributed by atoms with E-state index in [-0.39, 0.29) is 43.5 Å². The molecule has 1 radical (unpaired) electrons. The average Bonchev–Trinajstić information content (AvgIpc) is 3.28. The van der Waals surface area contributed by atoms with Crippen molar-refractivity contribution in [3.63, 3.8) is 0 Å². The maximum absolute atomic E-state index is 8.07. The second kappa shape index (κ2) is 15.4. The van der Waals surface area contributed by atoms with Gasteiger partial charge in [-0.2, -0.15) is 0 Å². The van der Waals surface area contributed by atoms with Crippen LogP contribution in [-0.2, 0) is 20.1 Å². The van der Waals surface area contributed by atoms with E-state index in [1.165, 1.54) is 24.5 Å². The Balaban J connectivity index is 0.000000184. The second-order valence-corrected chi connectivity index (χ2v) is 12.9. The Labute approximate surface area is 349 Å². The van der Waals surface area contributed by atoms with Crippen molar-refractivity contribution in [1.82, 2.24) is 9.97 Å². The van der Waals surface area contributed by atoms with Crippen LogP contribution in [0.5, 0.6) is 23.0 Å². The zero-order chi connectivity index (χ0) is 44.1. The van der Waals surface area contributed by atoms with Crippen molar-refractivity contribution in [2.75, 3.05) is 0 Å². The number of nitrogens with zero attached hydrogens (tertiary/aromatic N) is 2. The molecule has 6 aromatic carbocycles. The molecule has 55 heavy (non-hydrogen) atoms. The van der Waals surface area contributed by atoms with E-state index < -0.39 is 20.6 Å². The Bertz CT molecular complexity index is 2970. The average molecular weight is 896 g/mol. The first-order valence-corrected chi connectivity index (χ1v) is 17.4. The van der Waals surface area contributed by atoms with Gasteiger partial charge in [0.25, 0.3) is 0 Å². The van der Waals surface area contributed by atoms with E-state index in [1.54, 1.807) is 12.1 Å². The van der Waals surface area contributed by atoms with Gasteiger partial charge in [0, 0.05) is 56.3 Å². The number of hydrogen-bond acceptors (Lipinski definition) is 4. The molecule has 267 valence electrons. The SMILES string of the molecule is [2H]C([2H])([2H])c1c[c-]c(-c2cc(-c3ccccc3)c(C([2H])([2H])[2H])cn2)cc1.[2H]C([2H])([2H])c1cnc(-c2[c-]cc3c4c2Oc2ccccc2B4c2ccccc2O3)cc1-c1ccccc1.[Ir]. The van der Waals surface area contributed by atoms with E-state index in [0.29, 0.717) is 45.1 Å². The number of fused-ring (bicyclic) bond motifs is 4. The van der Waals surface area contributed by atoms with Gasteiger partial charge in [-0.15, -0.1) is 47.5 Å². The van der Waals surface area contributed by atoms with Crippen molar-refractivity contribution in [1.29, 1.82) is 0 Å². The van der Waals surface area contributed by atoms with Gasteiger partial charge in [-0.25, -0.2) is 0 Å². The number of pyridine rings is 2. The summed E-state index contributed by atoms with van der Waals surface area (Å²) in [4.78, 5) is 8.86. The fourth-order valence-corrected chi connectivity index (χ4v) is 7.00. The topological polar surface area (TPSA) is 44.2 Å². The number of para-hydroxylation sites is 2. The molecule has 0 saturated carbocycles. The second-order valence-electron chi connectivity index (χ2n) is 12.9. The Hall–Kier alpha value is -6.07. The molecule has 4 nitrogen and oxygen atoms in total. The number of benzene rings is 6. The Morgan fingerprint density at radius 2 is 1.15 bits per heavy atom. The Morgan fingerprint density at radius 1 is 0.564 bits per heavy atom. The van der Waals surface area contributed by atoms with Crippen LogP contribution in [0.4, 0.5) is 0 Å². The molecule has 0 aliphatic carbocycles. The summed E-state index contributed by atoms with van der Waals surface area (Å²) in [5.74, 6) is 2.91. The summed E-state index contributed by atoms with van der Waals surface area (Å²) in [6, 6.07) is 51.0. The van der Waals surface area contributed by atoms with E-state index in [0.717, 1.165) is 39.0 Å². The summed E-state index contributed by atoms with van der Waals surface area (Å²) in [7, 11) is 0. The van der Waals surface area contributed by atoms with Crippen LogP contribution < -0.4 is 25.9 Å². The van der Waals surface area contributed by atoms with Gasteiger partial charge in [0.1, 0.15) is 11.5 Å². The van der Waals surface area contributed by atoms with Crippen LogP contribution >= 0.6 is 0 Å². The molecule has 2 aliphatic rings. The van der Waals surface area contributed by atoms with Crippen molar-refractivity contribution >= 4 is 23.1 Å². The van der Waals surface area contributed by atoms with Crippen molar-refractivity contribution in [3.8, 4) is 67.8 Å². The number of aromatic nitrogens is 2. The quantitative estimate of drug-likeness (QED) is 0.130. The predicted molar refractivity (Wildman–Crippen MR) is 220 cm³/mol. The van der Waals surface area contributed by atoms with Gasteiger partial charge in [-0.3, -0.25) is 0 Å². The molecule has 4 heterocycles. The molecule has 0 fully saturated rings. The summed E-state index contributed by atoms with van der Waals surface area (Å²) < 4.78 is 82.6. The van der Waals surface area contributed by atoms with Gasteiger partial charge in [0.15, 0.2) is 0 Å². The zero-order valence-corrected chi connectivity index (χ0v) is 31.5. The molecule has 0 atom stereocenters. The third-order valence-electron chi connectivity index (χ3n) is 9.59. The Kier molecular flexibility index (Phi) is 7.44. The number of hydrogen-bond donors (Lipinski definition) is 0. The summed E-state index contributed by atoms with van der Waals surface area (Å²) in [6.07, 6.45) is 2.81. The van der Waals surface area contributed by atoms with Crippen LogP contribution in [-0.4, -0.2) is 16.7 Å². The molecule has 0 saturated heterocycles. The first kappa shape index (κ1) is 26.7. The van der Waals surface area contributed by atoms with Gasteiger partial charge in [0.2, 0.25) is 6.71 Å². The predicted octanol–water partition coefficient (Wildman–Crippen LogP) is 10.1. The van der Waals surface area contributed by atoms with Crippen molar-refractivity contribution in [2.24, 2.45) is 0 Å². The largest absolute Gasteiger partial charge is 0.503 e. The van der Waals surface area contributed by atoms with Crippen molar-refractivity contribution < 1.29 is 41.9 Å². The maximum atomic E-state index is 8.07. The number of aryl methyl sites for hydroxylation is 3. The molecule has 0 bridgehead atoms. The van der Waals surface area contributed by atoms with Gasteiger partial charge >= 0.3 is 0 Å². The van der Waals surface area contributed by atoms with Crippen molar-refractivity contribution in [2.45, 2.75) is 20.6 Å². The summed E-state index contributed by atoms with van der Waals surface area (Å²) >= 11 is 0. The zero-order valence-electron chi connectivity index (χ0n) is 38.1. The summed E-state index contributed by atoms with van der Waals surface area (Å²) in [5.41, 5.74) is 8.80. The first-order valence-electron chi connectivity index (χ1n) is 21.9. The van der Waals surface area contributed by atoms with Crippen LogP contribution in [0.2, 0.25) is 0 Å². The fourth-order valence-electron chi connectivity index (χ4n) is 7.00. The number of ether oxygens (including phenoxy) is 2. The van der Waals surface area contributed by atoms with Gasteiger partial charge in [-0.1, -0.05) is 127 Å². The van der Waals surface area contributed by atoms with E-state index in [4.69, 9.17) is 21.8 Å². The van der Waals surface area contributed by atoms with Crippen LogP contribution in [0.15, 0.2) is 158 Å².